The molecule has 2 aromatic heterocycles. The van der Waals surface area contributed by atoms with Gasteiger partial charge in [-0.1, -0.05) is 12.1 Å². The molecule has 0 spiro atoms. The fourth-order valence-electron chi connectivity index (χ4n) is 4.53. The zero-order valence-electron chi connectivity index (χ0n) is 20.5. The smallest absolute Gasteiger partial charge is 0.338 e. The van der Waals surface area contributed by atoms with Gasteiger partial charge in [-0.2, -0.15) is 0 Å². The predicted molar refractivity (Wildman–Crippen MR) is 139 cm³/mol. The van der Waals surface area contributed by atoms with Gasteiger partial charge in [0.2, 0.25) is 0 Å². The van der Waals surface area contributed by atoms with Crippen molar-refractivity contribution in [3.8, 4) is 11.1 Å². The van der Waals surface area contributed by atoms with Crippen molar-refractivity contribution >= 4 is 28.7 Å². The number of ether oxygens (including phenoxy) is 1. The van der Waals surface area contributed by atoms with Crippen LogP contribution in [0.5, 0.6) is 0 Å². The van der Waals surface area contributed by atoms with Gasteiger partial charge in [-0.15, -0.1) is 0 Å². The Morgan fingerprint density at radius 3 is 1.86 bits per heavy atom. The van der Waals surface area contributed by atoms with Crippen LogP contribution in [-0.2, 0) is 17.8 Å². The first-order valence-corrected chi connectivity index (χ1v) is 12.0. The van der Waals surface area contributed by atoms with E-state index in [-0.39, 0.29) is 19.2 Å². The van der Waals surface area contributed by atoms with Gasteiger partial charge in [0, 0.05) is 38.4 Å². The fourth-order valence-corrected chi connectivity index (χ4v) is 4.53. The standard InChI is InChI=1S/C29H30N4O3/c1-30-25-5-3-4-6-26(25)31(2)28-21-24(7-8-27(28)30)29(35)36-20-18-33-15-11-23(12-16-33)22-9-13-32(14-10-22)17-19-34/h3-16,21,34H,17-20H2,1-2H3/q+2. The van der Waals surface area contributed by atoms with E-state index in [0.717, 1.165) is 33.9 Å². The molecule has 7 nitrogen and oxygen atoms in total. The van der Waals surface area contributed by atoms with Crippen LogP contribution in [-0.4, -0.2) is 38.4 Å². The number of pyridine rings is 2. The van der Waals surface area contributed by atoms with E-state index in [0.29, 0.717) is 18.7 Å². The molecule has 1 aliphatic heterocycles. The fraction of sp³-hybridized carbons (Fsp3) is 0.207. The lowest BCUT2D eigenvalue weighted by Crippen LogP contribution is -2.35. The average molecular weight is 483 g/mol. The number of nitrogens with zero attached hydrogens (tertiary/aromatic N) is 4. The first-order chi connectivity index (χ1) is 17.5. The molecule has 0 amide bonds. The topological polar surface area (TPSA) is 60.8 Å². The minimum Gasteiger partial charge on any atom is -0.455 e. The number of esters is 1. The van der Waals surface area contributed by atoms with Gasteiger partial charge >= 0.3 is 5.97 Å². The third-order valence-corrected chi connectivity index (χ3v) is 6.59. The Morgan fingerprint density at radius 1 is 0.750 bits per heavy atom. The van der Waals surface area contributed by atoms with Gasteiger partial charge in [-0.05, 0) is 41.5 Å². The van der Waals surface area contributed by atoms with E-state index in [2.05, 4.69) is 21.9 Å². The number of carbonyl (C=O) groups excluding carboxylic acids is 1. The van der Waals surface area contributed by atoms with Crippen molar-refractivity contribution in [1.29, 1.82) is 0 Å². The summed E-state index contributed by atoms with van der Waals surface area (Å²) in [7, 11) is 4.05. The van der Waals surface area contributed by atoms with Crippen molar-refractivity contribution in [2.45, 2.75) is 13.1 Å². The zero-order chi connectivity index (χ0) is 25.1. The summed E-state index contributed by atoms with van der Waals surface area (Å²) in [4.78, 5) is 17.0. The van der Waals surface area contributed by atoms with Crippen LogP contribution in [0.4, 0.5) is 22.7 Å². The van der Waals surface area contributed by atoms with Crippen molar-refractivity contribution in [2.75, 3.05) is 37.1 Å². The first-order valence-electron chi connectivity index (χ1n) is 12.0. The SMILES string of the molecule is CN1c2ccccc2N(C)c2cc(C(=O)OCC[n+]3ccc(-c4cc[n+](CCO)cc4)cc3)ccc21. The summed E-state index contributed by atoms with van der Waals surface area (Å²) in [5.41, 5.74) is 6.98. The van der Waals surface area contributed by atoms with E-state index in [1.165, 1.54) is 0 Å². The molecule has 0 unspecified atom stereocenters. The molecule has 4 aromatic rings. The van der Waals surface area contributed by atoms with Crippen LogP contribution in [0.25, 0.3) is 11.1 Å². The van der Waals surface area contributed by atoms with Crippen LogP contribution in [0.3, 0.4) is 0 Å². The Morgan fingerprint density at radius 2 is 1.28 bits per heavy atom. The third kappa shape index (κ3) is 4.65. The first kappa shape index (κ1) is 23.5. The van der Waals surface area contributed by atoms with Crippen molar-refractivity contribution in [2.24, 2.45) is 0 Å². The summed E-state index contributed by atoms with van der Waals surface area (Å²) in [5, 5.41) is 9.05. The van der Waals surface area contributed by atoms with Crippen LogP contribution in [0.1, 0.15) is 10.4 Å². The van der Waals surface area contributed by atoms with E-state index in [1.807, 2.05) is 103 Å². The van der Waals surface area contributed by atoms with E-state index < -0.39 is 0 Å². The summed E-state index contributed by atoms with van der Waals surface area (Å²) in [5.74, 6) is -0.328. The second-order valence-corrected chi connectivity index (χ2v) is 8.82. The summed E-state index contributed by atoms with van der Waals surface area (Å²) >= 11 is 0. The van der Waals surface area contributed by atoms with Gasteiger partial charge in [-0.3, -0.25) is 0 Å². The van der Waals surface area contributed by atoms with E-state index in [9.17, 15) is 4.79 Å². The maximum absolute atomic E-state index is 12.8. The van der Waals surface area contributed by atoms with Crippen molar-refractivity contribution in [1.82, 2.24) is 0 Å². The predicted octanol–water partition coefficient (Wildman–Crippen LogP) is 3.63. The minimum atomic E-state index is -0.328. The monoisotopic (exact) mass is 482 g/mol. The maximum Gasteiger partial charge on any atom is 0.338 e. The summed E-state index contributed by atoms with van der Waals surface area (Å²) in [6.45, 7) is 1.56. The second kappa shape index (κ2) is 10.2. The molecule has 36 heavy (non-hydrogen) atoms. The Labute approximate surface area is 211 Å². The lowest BCUT2D eigenvalue weighted by atomic mass is 10.1. The number of hydrogen-bond acceptors (Lipinski definition) is 5. The highest BCUT2D eigenvalue weighted by Gasteiger charge is 2.25. The third-order valence-electron chi connectivity index (χ3n) is 6.59. The second-order valence-electron chi connectivity index (χ2n) is 8.82. The van der Waals surface area contributed by atoms with Gasteiger partial charge in [0.25, 0.3) is 0 Å². The molecule has 0 bridgehead atoms. The molecular weight excluding hydrogens is 452 g/mol. The Hall–Kier alpha value is -4.23. The highest BCUT2D eigenvalue weighted by Crippen LogP contribution is 2.46. The molecule has 0 aliphatic carbocycles. The normalized spacial score (nSPS) is 12.2. The highest BCUT2D eigenvalue weighted by atomic mass is 16.5. The molecule has 5 rings (SSSR count). The Kier molecular flexibility index (Phi) is 6.64. The highest BCUT2D eigenvalue weighted by molar-refractivity contribution is 5.97. The number of anilines is 4. The summed E-state index contributed by atoms with van der Waals surface area (Å²) in [6.07, 6.45) is 7.89. The number of aromatic nitrogens is 2. The molecule has 7 heteroatoms. The lowest BCUT2D eigenvalue weighted by Gasteiger charge is -2.36. The van der Waals surface area contributed by atoms with Crippen molar-refractivity contribution in [3.63, 3.8) is 0 Å². The number of carbonyl (C=O) groups is 1. The van der Waals surface area contributed by atoms with Gasteiger partial charge < -0.3 is 19.6 Å². The molecule has 182 valence electrons. The average Bonchev–Trinajstić information content (AvgIpc) is 2.92. The van der Waals surface area contributed by atoms with Crippen molar-refractivity contribution in [3.05, 3.63) is 97.1 Å². The molecule has 3 heterocycles. The number of aliphatic hydroxyl groups is 1. The summed E-state index contributed by atoms with van der Waals surface area (Å²) in [6, 6.07) is 22.1. The quantitative estimate of drug-likeness (QED) is 0.322. The van der Waals surface area contributed by atoms with Gasteiger partial charge in [-0.25, -0.2) is 13.9 Å². The van der Waals surface area contributed by atoms with Gasteiger partial charge in [0.05, 0.1) is 28.3 Å². The molecule has 0 radical (unpaired) electrons. The largest absolute Gasteiger partial charge is 0.455 e. The molecule has 1 N–H and O–H groups in total. The van der Waals surface area contributed by atoms with Gasteiger partial charge in [0.1, 0.15) is 6.61 Å². The Bertz CT molecular complexity index is 1370. The van der Waals surface area contributed by atoms with E-state index >= 15 is 0 Å². The zero-order valence-corrected chi connectivity index (χ0v) is 20.5. The van der Waals surface area contributed by atoms with E-state index in [1.54, 1.807) is 0 Å². The van der Waals surface area contributed by atoms with Crippen LogP contribution in [0, 0.1) is 0 Å². The molecule has 2 aromatic carbocycles. The molecule has 0 saturated carbocycles. The minimum absolute atomic E-state index is 0.120. The molecule has 0 fully saturated rings. The molecular formula is C29H30N4O3+2. The number of benzene rings is 2. The van der Waals surface area contributed by atoms with Crippen molar-refractivity contribution < 1.29 is 23.8 Å². The molecule has 1 aliphatic rings. The molecule has 0 saturated heterocycles. The number of aliphatic hydroxyl groups excluding tert-OH is 1. The Balaban J connectivity index is 1.20. The maximum atomic E-state index is 12.8. The van der Waals surface area contributed by atoms with Crippen LogP contribution in [0.15, 0.2) is 91.5 Å². The number of para-hydroxylation sites is 2. The van der Waals surface area contributed by atoms with E-state index in [4.69, 9.17) is 9.84 Å². The number of hydrogen-bond donors (Lipinski definition) is 1. The van der Waals surface area contributed by atoms with Crippen LogP contribution >= 0.6 is 0 Å². The number of fused-ring (bicyclic) bond motifs is 2. The van der Waals surface area contributed by atoms with Crippen LogP contribution < -0.4 is 18.9 Å². The van der Waals surface area contributed by atoms with Gasteiger partial charge in [0.15, 0.2) is 44.5 Å². The summed E-state index contributed by atoms with van der Waals surface area (Å²) < 4.78 is 9.53. The van der Waals surface area contributed by atoms with Crippen LogP contribution in [0.2, 0.25) is 0 Å². The number of rotatable bonds is 7. The molecule has 0 atom stereocenters. The lowest BCUT2D eigenvalue weighted by molar-refractivity contribution is -0.698.